The zero-order chi connectivity index (χ0) is 14.8. The molecule has 0 saturated heterocycles. The molecule has 6 heteroatoms. The molecule has 102 valence electrons. The van der Waals surface area contributed by atoms with Crippen molar-refractivity contribution in [2.24, 2.45) is 0 Å². The number of rotatable bonds is 2. The SMILES string of the molecule is N#CCc1cc(-c2ccc(C(F)(F)F)cc2)ncc1Cl. The molecule has 0 amide bonds. The van der Waals surface area contributed by atoms with Gasteiger partial charge in [-0.25, -0.2) is 0 Å². The van der Waals surface area contributed by atoms with Gasteiger partial charge in [0.15, 0.2) is 0 Å². The number of alkyl halides is 3. The van der Waals surface area contributed by atoms with Crippen LogP contribution in [0.4, 0.5) is 13.2 Å². The monoisotopic (exact) mass is 296 g/mol. The van der Waals surface area contributed by atoms with Gasteiger partial charge in [-0.15, -0.1) is 0 Å². The summed E-state index contributed by atoms with van der Waals surface area (Å²) in [6, 6.07) is 8.25. The van der Waals surface area contributed by atoms with Gasteiger partial charge in [-0.05, 0) is 23.8 Å². The van der Waals surface area contributed by atoms with Crippen molar-refractivity contribution >= 4 is 11.6 Å². The number of benzene rings is 1. The van der Waals surface area contributed by atoms with Crippen LogP contribution in [0.15, 0.2) is 36.5 Å². The first kappa shape index (κ1) is 14.4. The maximum atomic E-state index is 12.5. The molecule has 0 radical (unpaired) electrons. The third-order valence-corrected chi connectivity index (χ3v) is 3.05. The molecule has 0 fully saturated rings. The van der Waals surface area contributed by atoms with Crippen molar-refractivity contribution in [1.82, 2.24) is 4.98 Å². The van der Waals surface area contributed by atoms with Crippen molar-refractivity contribution in [3.63, 3.8) is 0 Å². The van der Waals surface area contributed by atoms with E-state index in [1.165, 1.54) is 18.3 Å². The maximum absolute atomic E-state index is 12.5. The van der Waals surface area contributed by atoms with E-state index in [9.17, 15) is 13.2 Å². The second kappa shape index (κ2) is 5.51. The molecule has 0 unspecified atom stereocenters. The minimum absolute atomic E-state index is 0.120. The van der Waals surface area contributed by atoms with Gasteiger partial charge in [0.2, 0.25) is 0 Å². The van der Waals surface area contributed by atoms with Crippen LogP contribution in [0, 0.1) is 11.3 Å². The molecule has 0 aliphatic rings. The Morgan fingerprint density at radius 1 is 1.20 bits per heavy atom. The first-order valence-corrected chi connectivity index (χ1v) is 5.98. The zero-order valence-electron chi connectivity index (χ0n) is 10.1. The van der Waals surface area contributed by atoms with Crippen LogP contribution < -0.4 is 0 Å². The van der Waals surface area contributed by atoms with E-state index in [-0.39, 0.29) is 6.42 Å². The molecular formula is C14H8ClF3N2. The van der Waals surface area contributed by atoms with Crippen LogP contribution in [0.5, 0.6) is 0 Å². The normalized spacial score (nSPS) is 11.2. The van der Waals surface area contributed by atoms with Gasteiger partial charge < -0.3 is 0 Å². The summed E-state index contributed by atoms with van der Waals surface area (Å²) >= 11 is 5.89. The smallest absolute Gasteiger partial charge is 0.255 e. The van der Waals surface area contributed by atoms with E-state index >= 15 is 0 Å². The van der Waals surface area contributed by atoms with E-state index < -0.39 is 11.7 Å². The van der Waals surface area contributed by atoms with Crippen LogP contribution in [0.25, 0.3) is 11.3 Å². The number of hydrogen-bond acceptors (Lipinski definition) is 2. The highest BCUT2D eigenvalue weighted by Gasteiger charge is 2.30. The molecule has 0 spiro atoms. The highest BCUT2D eigenvalue weighted by Crippen LogP contribution is 2.31. The Balaban J connectivity index is 2.37. The molecule has 1 aromatic carbocycles. The fraction of sp³-hybridized carbons (Fsp3) is 0.143. The van der Waals surface area contributed by atoms with Gasteiger partial charge in [-0.1, -0.05) is 23.7 Å². The molecule has 0 aliphatic heterocycles. The van der Waals surface area contributed by atoms with E-state index in [4.69, 9.17) is 16.9 Å². The predicted molar refractivity (Wildman–Crippen MR) is 69.0 cm³/mol. The lowest BCUT2D eigenvalue weighted by Gasteiger charge is -2.08. The molecule has 0 aliphatic carbocycles. The lowest BCUT2D eigenvalue weighted by atomic mass is 10.1. The number of nitriles is 1. The van der Waals surface area contributed by atoms with Crippen LogP contribution in [0.3, 0.4) is 0 Å². The summed E-state index contributed by atoms with van der Waals surface area (Å²) in [5, 5.41) is 9.04. The van der Waals surface area contributed by atoms with Crippen molar-refractivity contribution in [3.8, 4) is 17.3 Å². The van der Waals surface area contributed by atoms with Gasteiger partial charge in [0, 0.05) is 11.8 Å². The molecule has 0 N–H and O–H groups in total. The van der Waals surface area contributed by atoms with Crippen molar-refractivity contribution in [2.75, 3.05) is 0 Å². The Morgan fingerprint density at radius 2 is 1.85 bits per heavy atom. The average Bonchev–Trinajstić information content (AvgIpc) is 2.41. The van der Waals surface area contributed by atoms with Crippen molar-refractivity contribution in [2.45, 2.75) is 12.6 Å². The van der Waals surface area contributed by atoms with Gasteiger partial charge in [-0.3, -0.25) is 4.98 Å². The first-order valence-electron chi connectivity index (χ1n) is 5.61. The topological polar surface area (TPSA) is 36.7 Å². The first-order chi connectivity index (χ1) is 9.41. The van der Waals surface area contributed by atoms with Crippen LogP contribution >= 0.6 is 11.6 Å². The maximum Gasteiger partial charge on any atom is 0.416 e. The van der Waals surface area contributed by atoms with Crippen molar-refractivity contribution in [3.05, 3.63) is 52.7 Å². The lowest BCUT2D eigenvalue weighted by Crippen LogP contribution is -2.04. The number of hydrogen-bond donors (Lipinski definition) is 0. The third-order valence-electron chi connectivity index (χ3n) is 2.71. The highest BCUT2D eigenvalue weighted by molar-refractivity contribution is 6.31. The summed E-state index contributed by atoms with van der Waals surface area (Å²) in [6.45, 7) is 0. The van der Waals surface area contributed by atoms with Gasteiger partial charge in [0.25, 0.3) is 0 Å². The van der Waals surface area contributed by atoms with E-state index in [1.807, 2.05) is 6.07 Å². The van der Waals surface area contributed by atoms with E-state index in [1.54, 1.807) is 6.07 Å². The van der Waals surface area contributed by atoms with Gasteiger partial charge in [0.05, 0.1) is 28.8 Å². The molecule has 20 heavy (non-hydrogen) atoms. The van der Waals surface area contributed by atoms with Crippen molar-refractivity contribution in [1.29, 1.82) is 5.26 Å². The Labute approximate surface area is 118 Å². The molecule has 0 bridgehead atoms. The molecular weight excluding hydrogens is 289 g/mol. The number of halogens is 4. The summed E-state index contributed by atoms with van der Waals surface area (Å²) in [7, 11) is 0. The minimum Gasteiger partial charge on any atom is -0.255 e. The molecule has 0 saturated carbocycles. The van der Waals surface area contributed by atoms with Crippen LogP contribution in [0.1, 0.15) is 11.1 Å². The molecule has 2 rings (SSSR count). The number of nitrogens with zero attached hydrogens (tertiary/aromatic N) is 2. The molecule has 2 nitrogen and oxygen atoms in total. The van der Waals surface area contributed by atoms with Crippen molar-refractivity contribution < 1.29 is 13.2 Å². The molecule has 1 heterocycles. The Kier molecular flexibility index (Phi) is 3.96. The molecule has 0 atom stereocenters. The van der Waals surface area contributed by atoms with Crippen LogP contribution in [-0.4, -0.2) is 4.98 Å². The van der Waals surface area contributed by atoms with E-state index in [2.05, 4.69) is 4.98 Å². The summed E-state index contributed by atoms with van der Waals surface area (Å²) < 4.78 is 37.4. The third kappa shape index (κ3) is 3.09. The number of aromatic nitrogens is 1. The van der Waals surface area contributed by atoms with Gasteiger partial charge in [-0.2, -0.15) is 18.4 Å². The average molecular weight is 297 g/mol. The molecule has 2 aromatic rings. The van der Waals surface area contributed by atoms with E-state index in [0.717, 1.165) is 12.1 Å². The second-order valence-corrected chi connectivity index (χ2v) is 4.48. The van der Waals surface area contributed by atoms with Gasteiger partial charge >= 0.3 is 6.18 Å². The number of pyridine rings is 1. The Morgan fingerprint density at radius 3 is 2.40 bits per heavy atom. The largest absolute Gasteiger partial charge is 0.416 e. The summed E-state index contributed by atoms with van der Waals surface area (Å²) in [5.74, 6) is 0. The van der Waals surface area contributed by atoms with Crippen LogP contribution in [-0.2, 0) is 12.6 Å². The fourth-order valence-corrected chi connectivity index (χ4v) is 1.86. The minimum atomic E-state index is -4.36. The standard InChI is InChI=1S/C14H8ClF3N2/c15-12-8-20-13(7-10(12)5-6-19)9-1-3-11(4-2-9)14(16,17)18/h1-4,7-8H,5H2. The summed E-state index contributed by atoms with van der Waals surface area (Å²) in [5.41, 5.74) is 0.897. The quantitative estimate of drug-likeness (QED) is 0.819. The predicted octanol–water partition coefficient (Wildman–Crippen LogP) is 4.49. The van der Waals surface area contributed by atoms with E-state index in [0.29, 0.717) is 21.8 Å². The highest BCUT2D eigenvalue weighted by atomic mass is 35.5. The van der Waals surface area contributed by atoms with Gasteiger partial charge in [0.1, 0.15) is 0 Å². The Bertz CT molecular complexity index is 658. The second-order valence-electron chi connectivity index (χ2n) is 4.07. The fourth-order valence-electron chi connectivity index (χ4n) is 1.69. The van der Waals surface area contributed by atoms with Crippen LogP contribution in [0.2, 0.25) is 5.02 Å². The Hall–Kier alpha value is -2.06. The zero-order valence-corrected chi connectivity index (χ0v) is 10.8. The molecule has 1 aromatic heterocycles. The lowest BCUT2D eigenvalue weighted by molar-refractivity contribution is -0.137. The summed E-state index contributed by atoms with van der Waals surface area (Å²) in [4.78, 5) is 4.06. The summed E-state index contributed by atoms with van der Waals surface area (Å²) in [6.07, 6.45) is -2.85.